The number of nitrogens with zero attached hydrogens (tertiary/aromatic N) is 1. The summed E-state index contributed by atoms with van der Waals surface area (Å²) >= 11 is 0. The van der Waals surface area contributed by atoms with Crippen LogP contribution in [0.4, 0.5) is 0 Å². The number of nitrogens with two attached hydrogens (primary N) is 1. The molecule has 3 heteroatoms. The van der Waals surface area contributed by atoms with Crippen molar-refractivity contribution in [2.24, 2.45) is 11.7 Å². The summed E-state index contributed by atoms with van der Waals surface area (Å²) in [6, 6.07) is 6.42. The third kappa shape index (κ3) is 3.71. The largest absolute Gasteiger partial charge is 0.494 e. The zero-order valence-corrected chi connectivity index (χ0v) is 12.4. The van der Waals surface area contributed by atoms with Gasteiger partial charge in [-0.25, -0.2) is 0 Å². The SMILES string of the molecule is CCOc1ccc(C(C)N)cc1CN1CCC(C)C1. The Hall–Kier alpha value is -1.06. The highest BCUT2D eigenvalue weighted by molar-refractivity contribution is 5.38. The smallest absolute Gasteiger partial charge is 0.123 e. The Morgan fingerprint density at radius 3 is 2.84 bits per heavy atom. The molecule has 1 fully saturated rings. The van der Waals surface area contributed by atoms with Crippen molar-refractivity contribution in [3.63, 3.8) is 0 Å². The maximum Gasteiger partial charge on any atom is 0.123 e. The lowest BCUT2D eigenvalue weighted by Gasteiger charge is -2.19. The number of rotatable bonds is 5. The molecule has 2 N–H and O–H groups in total. The first-order valence-electron chi connectivity index (χ1n) is 7.33. The van der Waals surface area contributed by atoms with Crippen LogP contribution >= 0.6 is 0 Å². The highest BCUT2D eigenvalue weighted by Gasteiger charge is 2.20. The molecular formula is C16H26N2O. The highest BCUT2D eigenvalue weighted by Crippen LogP contribution is 2.26. The van der Waals surface area contributed by atoms with Crippen molar-refractivity contribution in [3.05, 3.63) is 29.3 Å². The molecule has 3 nitrogen and oxygen atoms in total. The molecule has 2 atom stereocenters. The van der Waals surface area contributed by atoms with Gasteiger partial charge in [0.2, 0.25) is 0 Å². The lowest BCUT2D eigenvalue weighted by atomic mass is 10.0. The molecule has 2 unspecified atom stereocenters. The monoisotopic (exact) mass is 262 g/mol. The number of hydrogen-bond acceptors (Lipinski definition) is 3. The van der Waals surface area contributed by atoms with Gasteiger partial charge in [0.25, 0.3) is 0 Å². The summed E-state index contributed by atoms with van der Waals surface area (Å²) in [5, 5.41) is 0. The van der Waals surface area contributed by atoms with Crippen molar-refractivity contribution in [2.45, 2.75) is 39.8 Å². The second-order valence-corrected chi connectivity index (χ2v) is 5.72. The topological polar surface area (TPSA) is 38.5 Å². The minimum atomic E-state index is 0.0759. The van der Waals surface area contributed by atoms with E-state index in [1.807, 2.05) is 13.8 Å². The lowest BCUT2D eigenvalue weighted by Crippen LogP contribution is -2.20. The van der Waals surface area contributed by atoms with Crippen LogP contribution in [0.3, 0.4) is 0 Å². The second-order valence-electron chi connectivity index (χ2n) is 5.72. The van der Waals surface area contributed by atoms with Crippen LogP contribution in [0.1, 0.15) is 44.4 Å². The van der Waals surface area contributed by atoms with Crippen LogP contribution in [0.25, 0.3) is 0 Å². The van der Waals surface area contributed by atoms with E-state index in [2.05, 4.69) is 30.0 Å². The summed E-state index contributed by atoms with van der Waals surface area (Å²) in [6.45, 7) is 10.4. The Kier molecular flexibility index (Phi) is 4.83. The van der Waals surface area contributed by atoms with Gasteiger partial charge in [0.15, 0.2) is 0 Å². The normalized spacial score (nSPS) is 21.6. The Labute approximate surface area is 116 Å². The van der Waals surface area contributed by atoms with Crippen LogP contribution in [0.2, 0.25) is 0 Å². The van der Waals surface area contributed by atoms with Gasteiger partial charge in [0, 0.05) is 24.7 Å². The summed E-state index contributed by atoms with van der Waals surface area (Å²) in [6.07, 6.45) is 1.30. The molecule has 19 heavy (non-hydrogen) atoms. The van der Waals surface area contributed by atoms with Gasteiger partial charge in [-0.3, -0.25) is 4.90 Å². The summed E-state index contributed by atoms with van der Waals surface area (Å²) < 4.78 is 5.74. The van der Waals surface area contributed by atoms with E-state index < -0.39 is 0 Å². The predicted molar refractivity (Wildman–Crippen MR) is 79.3 cm³/mol. The van der Waals surface area contributed by atoms with Gasteiger partial charge in [-0.15, -0.1) is 0 Å². The summed E-state index contributed by atoms with van der Waals surface area (Å²) in [5.74, 6) is 1.82. The lowest BCUT2D eigenvalue weighted by molar-refractivity contribution is 0.298. The molecular weight excluding hydrogens is 236 g/mol. The molecule has 1 aromatic rings. The van der Waals surface area contributed by atoms with Crippen LogP contribution in [0.15, 0.2) is 18.2 Å². The van der Waals surface area contributed by atoms with Gasteiger partial charge in [-0.1, -0.05) is 13.0 Å². The molecule has 0 spiro atoms. The van der Waals surface area contributed by atoms with Gasteiger partial charge in [0.05, 0.1) is 6.61 Å². The van der Waals surface area contributed by atoms with E-state index in [0.29, 0.717) is 6.61 Å². The van der Waals surface area contributed by atoms with Crippen molar-refractivity contribution in [1.82, 2.24) is 4.90 Å². The minimum absolute atomic E-state index is 0.0759. The zero-order valence-electron chi connectivity index (χ0n) is 12.4. The van der Waals surface area contributed by atoms with Gasteiger partial charge in [0.1, 0.15) is 5.75 Å². The molecule has 106 valence electrons. The number of ether oxygens (including phenoxy) is 1. The number of hydrogen-bond donors (Lipinski definition) is 1. The summed E-state index contributed by atoms with van der Waals surface area (Å²) in [7, 11) is 0. The molecule has 1 heterocycles. The molecule has 0 bridgehead atoms. The first-order valence-corrected chi connectivity index (χ1v) is 7.33. The molecule has 0 saturated carbocycles. The Balaban J connectivity index is 2.17. The third-order valence-corrected chi connectivity index (χ3v) is 3.81. The van der Waals surface area contributed by atoms with E-state index in [4.69, 9.17) is 10.5 Å². The van der Waals surface area contributed by atoms with E-state index in [0.717, 1.165) is 18.2 Å². The van der Waals surface area contributed by atoms with Crippen molar-refractivity contribution < 1.29 is 4.74 Å². The molecule has 0 amide bonds. The fourth-order valence-electron chi connectivity index (χ4n) is 2.71. The molecule has 0 aromatic heterocycles. The standard InChI is InChI=1S/C16H26N2O/c1-4-19-16-6-5-14(13(3)17)9-15(16)11-18-8-7-12(2)10-18/h5-6,9,12-13H,4,7-8,10-11,17H2,1-3H3. The van der Waals surface area contributed by atoms with Gasteiger partial charge in [-0.2, -0.15) is 0 Å². The molecule has 1 aliphatic rings. The zero-order chi connectivity index (χ0) is 13.8. The maximum atomic E-state index is 5.98. The first-order chi connectivity index (χ1) is 9.10. The van der Waals surface area contributed by atoms with E-state index in [1.54, 1.807) is 0 Å². The van der Waals surface area contributed by atoms with Crippen LogP contribution in [0, 0.1) is 5.92 Å². The molecule has 1 saturated heterocycles. The minimum Gasteiger partial charge on any atom is -0.494 e. The maximum absolute atomic E-state index is 5.98. The second kappa shape index (κ2) is 6.40. The molecule has 0 radical (unpaired) electrons. The molecule has 0 aliphatic carbocycles. The van der Waals surface area contributed by atoms with Crippen molar-refractivity contribution in [1.29, 1.82) is 0 Å². The fraction of sp³-hybridized carbons (Fsp3) is 0.625. The van der Waals surface area contributed by atoms with Crippen molar-refractivity contribution >= 4 is 0 Å². The number of likely N-dealkylation sites (tertiary alicyclic amines) is 1. The van der Waals surface area contributed by atoms with Crippen LogP contribution in [-0.4, -0.2) is 24.6 Å². The first kappa shape index (κ1) is 14.4. The van der Waals surface area contributed by atoms with Crippen LogP contribution < -0.4 is 10.5 Å². The molecule has 2 rings (SSSR count). The third-order valence-electron chi connectivity index (χ3n) is 3.81. The molecule has 1 aliphatic heterocycles. The average Bonchev–Trinajstić information content (AvgIpc) is 2.77. The Morgan fingerprint density at radius 1 is 1.47 bits per heavy atom. The highest BCUT2D eigenvalue weighted by atomic mass is 16.5. The quantitative estimate of drug-likeness (QED) is 0.886. The number of benzene rings is 1. The Morgan fingerprint density at radius 2 is 2.26 bits per heavy atom. The van der Waals surface area contributed by atoms with Crippen molar-refractivity contribution in [3.8, 4) is 5.75 Å². The fourth-order valence-corrected chi connectivity index (χ4v) is 2.71. The van der Waals surface area contributed by atoms with E-state index in [1.165, 1.54) is 30.6 Å². The van der Waals surface area contributed by atoms with E-state index >= 15 is 0 Å². The van der Waals surface area contributed by atoms with Gasteiger partial charge < -0.3 is 10.5 Å². The van der Waals surface area contributed by atoms with Gasteiger partial charge in [-0.05, 0) is 50.4 Å². The Bertz CT molecular complexity index is 417. The summed E-state index contributed by atoms with van der Waals surface area (Å²) in [4.78, 5) is 2.51. The predicted octanol–water partition coefficient (Wildman–Crippen LogP) is 2.95. The summed E-state index contributed by atoms with van der Waals surface area (Å²) in [5.41, 5.74) is 8.44. The van der Waals surface area contributed by atoms with Crippen LogP contribution in [0.5, 0.6) is 5.75 Å². The van der Waals surface area contributed by atoms with Gasteiger partial charge >= 0.3 is 0 Å². The average molecular weight is 262 g/mol. The molecule has 1 aromatic carbocycles. The van der Waals surface area contributed by atoms with Crippen molar-refractivity contribution in [2.75, 3.05) is 19.7 Å². The van der Waals surface area contributed by atoms with E-state index in [9.17, 15) is 0 Å². The van der Waals surface area contributed by atoms with Crippen LogP contribution in [-0.2, 0) is 6.54 Å². The van der Waals surface area contributed by atoms with E-state index in [-0.39, 0.29) is 6.04 Å².